The van der Waals surface area contributed by atoms with Crippen molar-refractivity contribution in [1.82, 2.24) is 0 Å². The molecule has 0 atom stereocenters. The lowest BCUT2D eigenvalue weighted by molar-refractivity contribution is 0.577. The van der Waals surface area contributed by atoms with Crippen LogP contribution < -0.4 is 0 Å². The fourth-order valence-electron chi connectivity index (χ4n) is 3.19. The quantitative estimate of drug-likeness (QED) is 0.463. The maximum absolute atomic E-state index is 2.32. The molecular weight excluding hydrogens is 320 g/mol. The first-order valence-corrected chi connectivity index (χ1v) is 10.1. The summed E-state index contributed by atoms with van der Waals surface area (Å²) in [6, 6.07) is 26.6. The molecule has 0 aliphatic heterocycles. The van der Waals surface area contributed by atoms with Gasteiger partial charge in [0, 0.05) is 16.7 Å². The smallest absolute Gasteiger partial charge is 0.0616 e. The van der Waals surface area contributed by atoms with E-state index >= 15 is 0 Å². The van der Waals surface area contributed by atoms with E-state index in [1.165, 1.54) is 31.4 Å². The molecule has 0 unspecified atom stereocenters. The van der Waals surface area contributed by atoms with Gasteiger partial charge in [-0.25, -0.2) is 0 Å². The van der Waals surface area contributed by atoms with E-state index in [1.807, 2.05) is 0 Å². The van der Waals surface area contributed by atoms with Crippen LogP contribution in [0, 0.1) is 13.8 Å². The Balaban J connectivity index is 2.31. The first kappa shape index (κ1) is 17.8. The van der Waals surface area contributed by atoms with Crippen molar-refractivity contribution in [2.24, 2.45) is 0 Å². The van der Waals surface area contributed by atoms with Gasteiger partial charge in [-0.05, 0) is 37.5 Å². The van der Waals surface area contributed by atoms with Crippen LogP contribution in [0.25, 0.3) is 0 Å². The Labute approximate surface area is 155 Å². The first-order valence-electron chi connectivity index (χ1n) is 8.84. The second kappa shape index (κ2) is 7.09. The molecule has 1 heteroatoms. The molecule has 3 rings (SSSR count). The van der Waals surface area contributed by atoms with Gasteiger partial charge in [0.25, 0.3) is 0 Å². The largest absolute Gasteiger partial charge is 0.170 e. The predicted octanol–water partition coefficient (Wildman–Crippen LogP) is 6.70. The highest BCUT2D eigenvalue weighted by molar-refractivity contribution is 7.97. The van der Waals surface area contributed by atoms with Crippen molar-refractivity contribution in [3.05, 3.63) is 89.5 Å². The summed E-state index contributed by atoms with van der Waals surface area (Å²) in [7, 11) is -0.0958. The maximum atomic E-state index is 2.32. The van der Waals surface area contributed by atoms with Gasteiger partial charge in [-0.2, -0.15) is 0 Å². The van der Waals surface area contributed by atoms with Crippen molar-refractivity contribution >= 4 is 10.9 Å². The fraction of sp³-hybridized carbons (Fsp3) is 0.250. The first-order chi connectivity index (χ1) is 11.9. The van der Waals surface area contributed by atoms with Crippen LogP contribution in [0.4, 0.5) is 0 Å². The van der Waals surface area contributed by atoms with E-state index in [-0.39, 0.29) is 16.3 Å². The summed E-state index contributed by atoms with van der Waals surface area (Å²) in [5, 5.41) is 0. The van der Waals surface area contributed by atoms with Gasteiger partial charge in [-0.3, -0.25) is 0 Å². The van der Waals surface area contributed by atoms with Crippen molar-refractivity contribution < 1.29 is 0 Å². The molecule has 0 saturated carbocycles. The molecular formula is C24H27S+. The lowest BCUT2D eigenvalue weighted by Gasteiger charge is -2.22. The van der Waals surface area contributed by atoms with Crippen LogP contribution in [-0.2, 0) is 16.3 Å². The molecule has 0 spiro atoms. The third-order valence-corrected chi connectivity index (χ3v) is 7.13. The van der Waals surface area contributed by atoms with Crippen LogP contribution in [-0.4, -0.2) is 0 Å². The summed E-state index contributed by atoms with van der Waals surface area (Å²) in [5.74, 6) is 0. The average molecular weight is 348 g/mol. The van der Waals surface area contributed by atoms with Gasteiger partial charge in [0.05, 0.1) is 0 Å². The summed E-state index contributed by atoms with van der Waals surface area (Å²) in [5.41, 5.74) is 4.27. The molecule has 0 radical (unpaired) electrons. The van der Waals surface area contributed by atoms with Gasteiger partial charge in [-0.15, -0.1) is 0 Å². The van der Waals surface area contributed by atoms with Gasteiger partial charge in [0.15, 0.2) is 14.7 Å². The third kappa shape index (κ3) is 3.67. The SMILES string of the molecule is Cc1ccccc1[S+](c1ccccc1C)c1ccccc1C(C)(C)C. The number of hydrogen-bond acceptors (Lipinski definition) is 0. The lowest BCUT2D eigenvalue weighted by Crippen LogP contribution is -2.18. The minimum Gasteiger partial charge on any atom is -0.0616 e. The summed E-state index contributed by atoms with van der Waals surface area (Å²) in [4.78, 5) is 4.29. The van der Waals surface area contributed by atoms with Crippen LogP contribution in [0.15, 0.2) is 87.5 Å². The second-order valence-electron chi connectivity index (χ2n) is 7.58. The van der Waals surface area contributed by atoms with Crippen molar-refractivity contribution in [2.45, 2.75) is 54.7 Å². The van der Waals surface area contributed by atoms with Crippen molar-refractivity contribution in [2.75, 3.05) is 0 Å². The van der Waals surface area contributed by atoms with E-state index < -0.39 is 0 Å². The monoisotopic (exact) mass is 347 g/mol. The van der Waals surface area contributed by atoms with Crippen LogP contribution in [0.2, 0.25) is 0 Å². The molecule has 3 aromatic carbocycles. The van der Waals surface area contributed by atoms with Gasteiger partial charge >= 0.3 is 0 Å². The predicted molar refractivity (Wildman–Crippen MR) is 110 cm³/mol. The van der Waals surface area contributed by atoms with Crippen LogP contribution in [0.5, 0.6) is 0 Å². The Hall–Kier alpha value is -1.99. The molecule has 0 N–H and O–H groups in total. The Morgan fingerprint density at radius 3 is 1.40 bits per heavy atom. The zero-order valence-electron chi connectivity index (χ0n) is 15.8. The van der Waals surface area contributed by atoms with E-state index in [9.17, 15) is 0 Å². The van der Waals surface area contributed by atoms with E-state index in [0.29, 0.717) is 0 Å². The zero-order chi connectivity index (χ0) is 18.0. The highest BCUT2D eigenvalue weighted by atomic mass is 32.2. The minimum atomic E-state index is -0.0958. The number of aryl methyl sites for hydroxylation is 2. The summed E-state index contributed by atoms with van der Waals surface area (Å²) >= 11 is 0. The topological polar surface area (TPSA) is 0 Å². The standard InChI is InChI=1S/C24H27S/c1-18-12-6-9-15-21(18)25(22-16-10-7-13-19(22)2)23-17-11-8-14-20(23)24(3,4)5/h6-17H,1-5H3/q+1. The summed E-state index contributed by atoms with van der Waals surface area (Å²) in [6.07, 6.45) is 0. The zero-order valence-corrected chi connectivity index (χ0v) is 16.7. The van der Waals surface area contributed by atoms with Gasteiger partial charge in [0.2, 0.25) is 0 Å². The summed E-state index contributed by atoms with van der Waals surface area (Å²) < 4.78 is 0. The van der Waals surface area contributed by atoms with E-state index in [4.69, 9.17) is 0 Å². The minimum absolute atomic E-state index is 0.0958. The maximum Gasteiger partial charge on any atom is 0.170 e. The molecule has 25 heavy (non-hydrogen) atoms. The Kier molecular flexibility index (Phi) is 5.06. The number of benzene rings is 3. The number of rotatable bonds is 3. The molecule has 0 heterocycles. The van der Waals surface area contributed by atoms with Crippen LogP contribution in [0.1, 0.15) is 37.5 Å². The molecule has 128 valence electrons. The molecule has 3 aromatic rings. The average Bonchev–Trinajstić information content (AvgIpc) is 2.58. The molecule has 0 bridgehead atoms. The van der Waals surface area contributed by atoms with Gasteiger partial charge in [-0.1, -0.05) is 75.4 Å². The van der Waals surface area contributed by atoms with Crippen molar-refractivity contribution in [1.29, 1.82) is 0 Å². The van der Waals surface area contributed by atoms with E-state index in [1.54, 1.807) is 0 Å². The molecule has 0 aromatic heterocycles. The number of hydrogen-bond donors (Lipinski definition) is 0. The molecule has 0 fully saturated rings. The molecule has 0 saturated heterocycles. The molecule has 0 aliphatic rings. The molecule has 0 nitrogen and oxygen atoms in total. The normalized spacial score (nSPS) is 11.8. The fourth-order valence-corrected chi connectivity index (χ4v) is 5.92. The van der Waals surface area contributed by atoms with E-state index in [0.717, 1.165) is 0 Å². The highest BCUT2D eigenvalue weighted by Crippen LogP contribution is 2.39. The Morgan fingerprint density at radius 1 is 0.560 bits per heavy atom. The van der Waals surface area contributed by atoms with Gasteiger partial charge < -0.3 is 0 Å². The van der Waals surface area contributed by atoms with Crippen LogP contribution in [0.3, 0.4) is 0 Å². The summed E-state index contributed by atoms with van der Waals surface area (Å²) in [6.45, 7) is 11.4. The lowest BCUT2D eigenvalue weighted by atomic mass is 9.87. The van der Waals surface area contributed by atoms with Crippen molar-refractivity contribution in [3.8, 4) is 0 Å². The highest BCUT2D eigenvalue weighted by Gasteiger charge is 2.36. The Bertz CT molecular complexity index is 826. The molecule has 0 amide bonds. The molecule has 0 aliphatic carbocycles. The second-order valence-corrected chi connectivity index (χ2v) is 9.52. The van der Waals surface area contributed by atoms with Gasteiger partial charge in [0.1, 0.15) is 10.9 Å². The van der Waals surface area contributed by atoms with Crippen LogP contribution >= 0.6 is 0 Å². The van der Waals surface area contributed by atoms with E-state index in [2.05, 4.69) is 107 Å². The Morgan fingerprint density at radius 2 is 0.960 bits per heavy atom. The van der Waals surface area contributed by atoms with Crippen molar-refractivity contribution in [3.63, 3.8) is 0 Å². The third-order valence-electron chi connectivity index (χ3n) is 4.54.